The molecule has 2 fully saturated rings. The highest BCUT2D eigenvalue weighted by atomic mass is 16.5. The standard InChI is InChI=1S/C15H26N6O2/c1-3-20-11-18-19-14(20)9-17-15(16-2)21-6-8-23-13(10-21)12-5-4-7-22-12/h11-13H,3-10H2,1-2H3,(H,16,17). The minimum atomic E-state index is 0.129. The molecule has 2 unspecified atom stereocenters. The van der Waals surface area contributed by atoms with Crippen LogP contribution < -0.4 is 5.32 Å². The Kier molecular flexibility index (Phi) is 5.45. The molecule has 1 N–H and O–H groups in total. The summed E-state index contributed by atoms with van der Waals surface area (Å²) in [6.07, 6.45) is 4.32. The zero-order valence-corrected chi connectivity index (χ0v) is 13.9. The number of aromatic nitrogens is 3. The molecule has 0 saturated carbocycles. The third kappa shape index (κ3) is 3.81. The predicted octanol–water partition coefficient (Wildman–Crippen LogP) is 0.253. The van der Waals surface area contributed by atoms with Gasteiger partial charge in [0.2, 0.25) is 0 Å². The molecule has 23 heavy (non-hydrogen) atoms. The number of hydrogen-bond acceptors (Lipinski definition) is 5. The predicted molar refractivity (Wildman–Crippen MR) is 86.2 cm³/mol. The van der Waals surface area contributed by atoms with Gasteiger partial charge >= 0.3 is 0 Å². The summed E-state index contributed by atoms with van der Waals surface area (Å²) in [5.74, 6) is 1.79. The Morgan fingerprint density at radius 2 is 2.26 bits per heavy atom. The summed E-state index contributed by atoms with van der Waals surface area (Å²) >= 11 is 0. The molecule has 0 aromatic carbocycles. The van der Waals surface area contributed by atoms with Crippen molar-refractivity contribution in [2.75, 3.05) is 33.4 Å². The van der Waals surface area contributed by atoms with Crippen molar-refractivity contribution < 1.29 is 9.47 Å². The van der Waals surface area contributed by atoms with Crippen molar-refractivity contribution >= 4 is 5.96 Å². The zero-order valence-electron chi connectivity index (χ0n) is 13.9. The molecule has 0 bridgehead atoms. The first-order valence-corrected chi connectivity index (χ1v) is 8.37. The quantitative estimate of drug-likeness (QED) is 0.633. The zero-order chi connectivity index (χ0) is 16.1. The molecule has 0 spiro atoms. The third-order valence-corrected chi connectivity index (χ3v) is 4.43. The highest BCUT2D eigenvalue weighted by Gasteiger charge is 2.32. The number of hydrogen-bond donors (Lipinski definition) is 1. The number of aryl methyl sites for hydroxylation is 1. The minimum absolute atomic E-state index is 0.129. The van der Waals surface area contributed by atoms with Gasteiger partial charge in [-0.25, -0.2) is 0 Å². The fourth-order valence-electron chi connectivity index (χ4n) is 3.16. The van der Waals surface area contributed by atoms with E-state index in [0.29, 0.717) is 13.2 Å². The van der Waals surface area contributed by atoms with Crippen LogP contribution in [-0.4, -0.2) is 71.2 Å². The van der Waals surface area contributed by atoms with E-state index in [4.69, 9.17) is 9.47 Å². The number of nitrogens with one attached hydrogen (secondary N) is 1. The van der Waals surface area contributed by atoms with Crippen molar-refractivity contribution in [1.82, 2.24) is 25.0 Å². The van der Waals surface area contributed by atoms with Gasteiger partial charge in [0, 0.05) is 33.3 Å². The smallest absolute Gasteiger partial charge is 0.194 e. The molecule has 2 saturated heterocycles. The number of guanidine groups is 1. The van der Waals surface area contributed by atoms with Gasteiger partial charge in [-0.1, -0.05) is 0 Å². The largest absolute Gasteiger partial charge is 0.375 e. The van der Waals surface area contributed by atoms with E-state index in [1.54, 1.807) is 6.33 Å². The Morgan fingerprint density at radius 1 is 1.39 bits per heavy atom. The van der Waals surface area contributed by atoms with E-state index in [-0.39, 0.29) is 12.2 Å². The SMILES string of the molecule is CCn1cnnc1CNC(=NC)N1CCOC(C2CCCO2)C1. The highest BCUT2D eigenvalue weighted by Crippen LogP contribution is 2.21. The summed E-state index contributed by atoms with van der Waals surface area (Å²) in [5.41, 5.74) is 0. The van der Waals surface area contributed by atoms with Crippen LogP contribution in [0.5, 0.6) is 0 Å². The molecule has 3 heterocycles. The van der Waals surface area contributed by atoms with Crippen LogP contribution in [0, 0.1) is 0 Å². The van der Waals surface area contributed by atoms with Crippen LogP contribution in [0.3, 0.4) is 0 Å². The third-order valence-electron chi connectivity index (χ3n) is 4.43. The lowest BCUT2D eigenvalue weighted by molar-refractivity contribution is -0.0817. The molecule has 0 radical (unpaired) electrons. The maximum absolute atomic E-state index is 5.90. The molecule has 2 aliphatic heterocycles. The van der Waals surface area contributed by atoms with Gasteiger partial charge in [0.25, 0.3) is 0 Å². The molecule has 128 valence electrons. The molecule has 3 rings (SSSR count). The first kappa shape index (κ1) is 16.2. The Morgan fingerprint density at radius 3 is 3.00 bits per heavy atom. The second-order valence-electron chi connectivity index (χ2n) is 5.84. The molecule has 0 amide bonds. The molecular formula is C15H26N6O2. The van der Waals surface area contributed by atoms with E-state index in [1.165, 1.54) is 0 Å². The Bertz CT molecular complexity index is 526. The van der Waals surface area contributed by atoms with Gasteiger partial charge < -0.3 is 24.3 Å². The highest BCUT2D eigenvalue weighted by molar-refractivity contribution is 5.79. The van der Waals surface area contributed by atoms with Gasteiger partial charge in [0.05, 0.1) is 19.3 Å². The molecule has 2 aliphatic rings. The lowest BCUT2D eigenvalue weighted by atomic mass is 10.1. The average molecular weight is 322 g/mol. The van der Waals surface area contributed by atoms with Gasteiger partial charge in [0.1, 0.15) is 12.4 Å². The van der Waals surface area contributed by atoms with E-state index in [9.17, 15) is 0 Å². The van der Waals surface area contributed by atoms with Crippen LogP contribution in [-0.2, 0) is 22.6 Å². The van der Waals surface area contributed by atoms with Gasteiger partial charge in [-0.15, -0.1) is 10.2 Å². The second kappa shape index (κ2) is 7.74. The fourth-order valence-corrected chi connectivity index (χ4v) is 3.16. The van der Waals surface area contributed by atoms with Crippen molar-refractivity contribution in [2.45, 2.75) is 45.1 Å². The van der Waals surface area contributed by atoms with Gasteiger partial charge in [-0.3, -0.25) is 4.99 Å². The number of morpholine rings is 1. The molecule has 8 nitrogen and oxygen atoms in total. The minimum Gasteiger partial charge on any atom is -0.375 e. The van der Waals surface area contributed by atoms with Crippen LogP contribution in [0.15, 0.2) is 11.3 Å². The van der Waals surface area contributed by atoms with E-state index < -0.39 is 0 Å². The van der Waals surface area contributed by atoms with Gasteiger partial charge in [-0.2, -0.15) is 0 Å². The van der Waals surface area contributed by atoms with Gasteiger partial charge in [-0.05, 0) is 19.8 Å². The Labute approximate surface area is 136 Å². The summed E-state index contributed by atoms with van der Waals surface area (Å²) in [6, 6.07) is 0. The number of ether oxygens (including phenoxy) is 2. The maximum atomic E-state index is 5.90. The van der Waals surface area contributed by atoms with Gasteiger partial charge in [0.15, 0.2) is 11.8 Å². The molecule has 1 aromatic rings. The summed E-state index contributed by atoms with van der Waals surface area (Å²) < 4.78 is 13.7. The molecule has 1 aromatic heterocycles. The Balaban J connectivity index is 1.57. The number of rotatable bonds is 4. The van der Waals surface area contributed by atoms with Crippen LogP contribution in [0.1, 0.15) is 25.6 Å². The van der Waals surface area contributed by atoms with Crippen LogP contribution in [0.25, 0.3) is 0 Å². The van der Waals surface area contributed by atoms with Crippen LogP contribution in [0.2, 0.25) is 0 Å². The summed E-state index contributed by atoms with van der Waals surface area (Å²) in [5, 5.41) is 11.5. The van der Waals surface area contributed by atoms with E-state index >= 15 is 0 Å². The first-order valence-electron chi connectivity index (χ1n) is 8.37. The number of aliphatic imine (C=N–C) groups is 1. The first-order chi connectivity index (χ1) is 11.3. The molecule has 2 atom stereocenters. The van der Waals surface area contributed by atoms with E-state index in [0.717, 1.165) is 50.9 Å². The number of nitrogens with zero attached hydrogens (tertiary/aromatic N) is 5. The fraction of sp³-hybridized carbons (Fsp3) is 0.800. The molecule has 0 aliphatic carbocycles. The van der Waals surface area contributed by atoms with E-state index in [2.05, 4.69) is 32.3 Å². The molecule has 8 heteroatoms. The van der Waals surface area contributed by atoms with Crippen molar-refractivity contribution in [3.8, 4) is 0 Å². The lowest BCUT2D eigenvalue weighted by Gasteiger charge is -2.37. The van der Waals surface area contributed by atoms with E-state index in [1.807, 2.05) is 11.6 Å². The van der Waals surface area contributed by atoms with Crippen LogP contribution in [0.4, 0.5) is 0 Å². The normalized spacial score (nSPS) is 25.8. The van der Waals surface area contributed by atoms with Crippen molar-refractivity contribution in [1.29, 1.82) is 0 Å². The molecular weight excluding hydrogens is 296 g/mol. The summed E-state index contributed by atoms with van der Waals surface area (Å²) in [4.78, 5) is 6.64. The second-order valence-corrected chi connectivity index (χ2v) is 5.84. The van der Waals surface area contributed by atoms with Crippen molar-refractivity contribution in [3.63, 3.8) is 0 Å². The summed E-state index contributed by atoms with van der Waals surface area (Å²) in [6.45, 7) is 6.76. The average Bonchev–Trinajstić information content (AvgIpc) is 3.27. The monoisotopic (exact) mass is 322 g/mol. The van der Waals surface area contributed by atoms with Crippen molar-refractivity contribution in [2.24, 2.45) is 4.99 Å². The topological polar surface area (TPSA) is 76.8 Å². The summed E-state index contributed by atoms with van der Waals surface area (Å²) in [7, 11) is 1.81. The van der Waals surface area contributed by atoms with Crippen molar-refractivity contribution in [3.05, 3.63) is 12.2 Å². The van der Waals surface area contributed by atoms with Crippen LogP contribution >= 0.6 is 0 Å². The Hall–Kier alpha value is -1.67. The maximum Gasteiger partial charge on any atom is 0.194 e. The lowest BCUT2D eigenvalue weighted by Crippen LogP contribution is -2.53.